The van der Waals surface area contributed by atoms with E-state index >= 15 is 0 Å². The summed E-state index contributed by atoms with van der Waals surface area (Å²) in [6, 6.07) is 13.4. The number of benzene rings is 2. The number of hydrogen-bond acceptors (Lipinski definition) is 5. The molecule has 0 N–H and O–H groups in total. The Morgan fingerprint density at radius 2 is 1.84 bits per heavy atom. The average molecular weight is 417 g/mol. The predicted octanol–water partition coefficient (Wildman–Crippen LogP) is 2.80. The van der Waals surface area contributed by atoms with Crippen molar-refractivity contribution >= 4 is 16.9 Å². The zero-order valence-electron chi connectivity index (χ0n) is 16.8. The summed E-state index contributed by atoms with van der Waals surface area (Å²) in [5.74, 6) is 0. The summed E-state index contributed by atoms with van der Waals surface area (Å²) >= 11 is 0. The standard InChI is InChI=1S/C22H19N5O4/c1-3-12-25-21(28)19-20(26(22(25)29)18-7-5-4-6-15(18)2)23-14-24(19)13-16-8-10-17(11-9-16)27(30)31/h3-11,14H,1,12-13H2,2H3. The van der Waals surface area contributed by atoms with Gasteiger partial charge in [0, 0.05) is 25.2 Å². The number of para-hydroxylation sites is 1. The van der Waals surface area contributed by atoms with Crippen LogP contribution in [0.1, 0.15) is 11.1 Å². The van der Waals surface area contributed by atoms with Crippen LogP contribution in [0.4, 0.5) is 5.69 Å². The van der Waals surface area contributed by atoms with E-state index in [0.717, 1.165) is 15.7 Å². The van der Waals surface area contributed by atoms with Crippen LogP contribution < -0.4 is 11.2 Å². The van der Waals surface area contributed by atoms with Crippen LogP contribution in [0.15, 0.2) is 77.1 Å². The van der Waals surface area contributed by atoms with Crippen molar-refractivity contribution in [1.29, 1.82) is 0 Å². The number of hydrogen-bond donors (Lipinski definition) is 0. The Morgan fingerprint density at radius 1 is 1.13 bits per heavy atom. The van der Waals surface area contributed by atoms with Gasteiger partial charge in [-0.1, -0.05) is 36.4 Å². The molecule has 0 unspecified atom stereocenters. The minimum Gasteiger partial charge on any atom is -0.320 e. The molecule has 31 heavy (non-hydrogen) atoms. The Labute approximate surface area is 176 Å². The van der Waals surface area contributed by atoms with Crippen molar-refractivity contribution in [1.82, 2.24) is 18.7 Å². The van der Waals surface area contributed by atoms with Gasteiger partial charge in [-0.25, -0.2) is 14.3 Å². The lowest BCUT2D eigenvalue weighted by molar-refractivity contribution is -0.384. The van der Waals surface area contributed by atoms with E-state index in [4.69, 9.17) is 0 Å². The molecule has 9 heteroatoms. The van der Waals surface area contributed by atoms with Gasteiger partial charge in [0.2, 0.25) is 0 Å². The highest BCUT2D eigenvalue weighted by Crippen LogP contribution is 2.18. The topological polar surface area (TPSA) is 105 Å². The lowest BCUT2D eigenvalue weighted by atomic mass is 10.2. The van der Waals surface area contributed by atoms with Gasteiger partial charge in [-0.2, -0.15) is 0 Å². The maximum Gasteiger partial charge on any atom is 0.337 e. The summed E-state index contributed by atoms with van der Waals surface area (Å²) in [5.41, 5.74) is 1.80. The zero-order chi connectivity index (χ0) is 22.1. The molecule has 2 aromatic heterocycles. The van der Waals surface area contributed by atoms with Crippen LogP contribution in [0.2, 0.25) is 0 Å². The highest BCUT2D eigenvalue weighted by Gasteiger charge is 2.19. The molecule has 0 saturated carbocycles. The minimum absolute atomic E-state index is 0.0130. The van der Waals surface area contributed by atoms with Gasteiger partial charge >= 0.3 is 5.69 Å². The summed E-state index contributed by atoms with van der Waals surface area (Å²) in [7, 11) is 0. The maximum atomic E-state index is 13.2. The quantitative estimate of drug-likeness (QED) is 0.273. The number of nitro groups is 1. The molecule has 2 aromatic carbocycles. The molecule has 4 aromatic rings. The number of allylic oxidation sites excluding steroid dienone is 1. The Morgan fingerprint density at radius 3 is 2.48 bits per heavy atom. The molecular formula is C22H19N5O4. The normalized spacial score (nSPS) is 11.0. The number of nitrogens with zero attached hydrogens (tertiary/aromatic N) is 5. The van der Waals surface area contributed by atoms with Gasteiger partial charge in [0.1, 0.15) is 0 Å². The van der Waals surface area contributed by atoms with Crippen LogP contribution in [0.25, 0.3) is 16.9 Å². The molecular weight excluding hydrogens is 398 g/mol. The first-order chi connectivity index (χ1) is 14.9. The van der Waals surface area contributed by atoms with E-state index < -0.39 is 16.2 Å². The molecule has 0 aliphatic heterocycles. The van der Waals surface area contributed by atoms with E-state index in [1.807, 2.05) is 25.1 Å². The summed E-state index contributed by atoms with van der Waals surface area (Å²) in [6.07, 6.45) is 2.99. The number of aromatic nitrogens is 4. The molecule has 0 aliphatic rings. The molecule has 0 radical (unpaired) electrons. The molecule has 2 heterocycles. The first-order valence-corrected chi connectivity index (χ1v) is 9.53. The SMILES string of the molecule is C=CCn1c(=O)c2c(ncn2Cc2ccc([N+](=O)[O-])cc2)n(-c2ccccc2C)c1=O. The van der Waals surface area contributed by atoms with Gasteiger partial charge in [-0.3, -0.25) is 19.5 Å². The van der Waals surface area contributed by atoms with Gasteiger partial charge in [0.05, 0.1) is 16.9 Å². The second-order valence-electron chi connectivity index (χ2n) is 7.08. The van der Waals surface area contributed by atoms with Crippen molar-refractivity contribution in [3.05, 3.63) is 110 Å². The number of aryl methyl sites for hydroxylation is 1. The molecule has 0 amide bonds. The van der Waals surface area contributed by atoms with E-state index in [1.165, 1.54) is 29.1 Å². The molecule has 0 aliphatic carbocycles. The molecule has 0 fully saturated rings. The van der Waals surface area contributed by atoms with Gasteiger partial charge in [-0.15, -0.1) is 6.58 Å². The first-order valence-electron chi connectivity index (χ1n) is 9.53. The third kappa shape index (κ3) is 3.46. The van der Waals surface area contributed by atoms with Crippen LogP contribution in [-0.4, -0.2) is 23.6 Å². The van der Waals surface area contributed by atoms with Gasteiger partial charge in [0.15, 0.2) is 11.2 Å². The van der Waals surface area contributed by atoms with Crippen molar-refractivity contribution in [2.75, 3.05) is 0 Å². The number of imidazole rings is 1. The Hall–Kier alpha value is -4.27. The molecule has 0 atom stereocenters. The van der Waals surface area contributed by atoms with Crippen LogP contribution in [0.5, 0.6) is 0 Å². The van der Waals surface area contributed by atoms with Crippen LogP contribution in [0.3, 0.4) is 0 Å². The second kappa shape index (κ2) is 7.86. The summed E-state index contributed by atoms with van der Waals surface area (Å²) in [6.45, 7) is 5.86. The highest BCUT2D eigenvalue weighted by atomic mass is 16.6. The average Bonchev–Trinajstić information content (AvgIpc) is 3.16. The Balaban J connectivity index is 1.94. The summed E-state index contributed by atoms with van der Waals surface area (Å²) in [5, 5.41) is 10.9. The lowest BCUT2D eigenvalue weighted by Crippen LogP contribution is -2.40. The van der Waals surface area contributed by atoms with Gasteiger partial charge in [0.25, 0.3) is 11.2 Å². The Bertz CT molecular complexity index is 1430. The van der Waals surface area contributed by atoms with Crippen LogP contribution in [0, 0.1) is 17.0 Å². The molecule has 0 saturated heterocycles. The van der Waals surface area contributed by atoms with E-state index in [1.54, 1.807) is 22.8 Å². The van der Waals surface area contributed by atoms with E-state index in [-0.39, 0.29) is 29.9 Å². The van der Waals surface area contributed by atoms with Crippen molar-refractivity contribution in [3.8, 4) is 5.69 Å². The third-order valence-electron chi connectivity index (χ3n) is 5.07. The number of rotatable bonds is 6. The highest BCUT2D eigenvalue weighted by molar-refractivity contribution is 5.73. The number of nitro benzene ring substituents is 1. The zero-order valence-corrected chi connectivity index (χ0v) is 16.8. The predicted molar refractivity (Wildman–Crippen MR) is 117 cm³/mol. The van der Waals surface area contributed by atoms with Crippen molar-refractivity contribution in [2.24, 2.45) is 0 Å². The number of non-ortho nitro benzene ring substituents is 1. The third-order valence-corrected chi connectivity index (χ3v) is 5.07. The van der Waals surface area contributed by atoms with Crippen molar-refractivity contribution in [2.45, 2.75) is 20.0 Å². The fourth-order valence-electron chi connectivity index (χ4n) is 3.54. The van der Waals surface area contributed by atoms with E-state index in [9.17, 15) is 19.7 Å². The fourth-order valence-corrected chi connectivity index (χ4v) is 3.54. The first kappa shape index (κ1) is 20.0. The second-order valence-corrected chi connectivity index (χ2v) is 7.08. The summed E-state index contributed by atoms with van der Waals surface area (Å²) < 4.78 is 4.20. The lowest BCUT2D eigenvalue weighted by Gasteiger charge is -2.13. The van der Waals surface area contributed by atoms with Gasteiger partial charge < -0.3 is 4.57 Å². The molecule has 156 valence electrons. The smallest absolute Gasteiger partial charge is 0.320 e. The largest absolute Gasteiger partial charge is 0.337 e. The minimum atomic E-state index is -0.493. The Kier molecular flexibility index (Phi) is 5.08. The monoisotopic (exact) mass is 417 g/mol. The van der Waals surface area contributed by atoms with Crippen LogP contribution in [-0.2, 0) is 13.1 Å². The molecule has 9 nitrogen and oxygen atoms in total. The molecule has 0 bridgehead atoms. The van der Waals surface area contributed by atoms with Crippen molar-refractivity contribution in [3.63, 3.8) is 0 Å². The van der Waals surface area contributed by atoms with E-state index in [2.05, 4.69) is 11.6 Å². The van der Waals surface area contributed by atoms with Crippen molar-refractivity contribution < 1.29 is 4.92 Å². The fraction of sp³-hybridized carbons (Fsp3) is 0.136. The summed E-state index contributed by atoms with van der Waals surface area (Å²) in [4.78, 5) is 41.2. The number of fused-ring (bicyclic) bond motifs is 1. The maximum absolute atomic E-state index is 13.2. The molecule has 0 spiro atoms. The van der Waals surface area contributed by atoms with Gasteiger partial charge in [-0.05, 0) is 24.1 Å². The van der Waals surface area contributed by atoms with Crippen LogP contribution >= 0.6 is 0 Å². The van der Waals surface area contributed by atoms with E-state index in [0.29, 0.717) is 5.69 Å². The molecule has 4 rings (SSSR count).